The molecule has 3 aromatic carbocycles. The second-order valence-electron chi connectivity index (χ2n) is 5.92. The van der Waals surface area contributed by atoms with Crippen LogP contribution in [0.3, 0.4) is 0 Å². The van der Waals surface area contributed by atoms with Gasteiger partial charge in [0.05, 0.1) is 6.61 Å². The molecule has 0 unspecified atom stereocenters. The molecule has 24 heavy (non-hydrogen) atoms. The van der Waals surface area contributed by atoms with Crippen molar-refractivity contribution in [3.05, 3.63) is 107 Å². The summed E-state index contributed by atoms with van der Waals surface area (Å²) in [7, 11) is 0. The molecule has 0 bridgehead atoms. The maximum Gasteiger partial charge on any atom is 0.143 e. The van der Waals surface area contributed by atoms with Crippen LogP contribution in [0, 0.1) is 6.92 Å². The maximum atomic E-state index is 6.45. The lowest BCUT2D eigenvalue weighted by Gasteiger charge is -2.36. The third-order valence-corrected chi connectivity index (χ3v) is 4.26. The minimum Gasteiger partial charge on any atom is -0.360 e. The molecular formula is C22H23NO. The first kappa shape index (κ1) is 16.4. The van der Waals surface area contributed by atoms with Crippen LogP contribution in [0.25, 0.3) is 0 Å². The predicted octanol–water partition coefficient (Wildman–Crippen LogP) is 4.26. The highest BCUT2D eigenvalue weighted by atomic mass is 16.5. The van der Waals surface area contributed by atoms with Gasteiger partial charge in [-0.05, 0) is 23.6 Å². The third-order valence-electron chi connectivity index (χ3n) is 4.26. The van der Waals surface area contributed by atoms with Crippen LogP contribution >= 0.6 is 0 Å². The molecule has 2 N–H and O–H groups in total. The van der Waals surface area contributed by atoms with Gasteiger partial charge in [-0.25, -0.2) is 0 Å². The van der Waals surface area contributed by atoms with Crippen LogP contribution in [-0.2, 0) is 10.3 Å². The van der Waals surface area contributed by atoms with Gasteiger partial charge in [0.25, 0.3) is 0 Å². The van der Waals surface area contributed by atoms with Crippen molar-refractivity contribution in [2.75, 3.05) is 13.2 Å². The van der Waals surface area contributed by atoms with E-state index in [0.717, 1.165) is 16.7 Å². The lowest BCUT2D eigenvalue weighted by atomic mass is 9.80. The van der Waals surface area contributed by atoms with E-state index in [1.807, 2.05) is 36.4 Å². The molecule has 3 rings (SSSR count). The van der Waals surface area contributed by atoms with Crippen molar-refractivity contribution in [3.8, 4) is 0 Å². The summed E-state index contributed by atoms with van der Waals surface area (Å²) in [5.41, 5.74) is 9.66. The summed E-state index contributed by atoms with van der Waals surface area (Å²) < 4.78 is 6.45. The number of hydrogen-bond donors (Lipinski definition) is 1. The Kier molecular flexibility index (Phi) is 5.09. The van der Waals surface area contributed by atoms with E-state index < -0.39 is 5.60 Å². The van der Waals surface area contributed by atoms with Crippen LogP contribution in [0.4, 0.5) is 0 Å². The number of rotatable bonds is 6. The molecule has 0 heterocycles. The van der Waals surface area contributed by atoms with Gasteiger partial charge in [0.2, 0.25) is 0 Å². The molecule has 0 aliphatic heterocycles. The Hall–Kier alpha value is -2.42. The fourth-order valence-corrected chi connectivity index (χ4v) is 3.10. The molecule has 0 fully saturated rings. The lowest BCUT2D eigenvalue weighted by Crippen LogP contribution is -2.34. The van der Waals surface area contributed by atoms with Crippen molar-refractivity contribution in [1.29, 1.82) is 0 Å². The highest BCUT2D eigenvalue weighted by Crippen LogP contribution is 2.40. The van der Waals surface area contributed by atoms with Gasteiger partial charge in [0.15, 0.2) is 0 Å². The Bertz CT molecular complexity index is 711. The Balaban J connectivity index is 2.26. The summed E-state index contributed by atoms with van der Waals surface area (Å²) >= 11 is 0. The standard InChI is InChI=1S/C22H23NO/c1-18-12-14-21(15-13-18)22(24-17-16-23,19-8-4-2-5-9-19)20-10-6-3-7-11-20/h2-15H,16-17,23H2,1H3. The predicted molar refractivity (Wildman–Crippen MR) is 99.0 cm³/mol. The highest BCUT2D eigenvalue weighted by Gasteiger charge is 2.37. The van der Waals surface area contributed by atoms with Gasteiger partial charge in [-0.2, -0.15) is 0 Å². The van der Waals surface area contributed by atoms with E-state index in [0.29, 0.717) is 13.2 Å². The Labute approximate surface area is 143 Å². The summed E-state index contributed by atoms with van der Waals surface area (Å²) in [6.07, 6.45) is 0. The monoisotopic (exact) mass is 317 g/mol. The number of nitrogens with two attached hydrogens (primary N) is 1. The first-order chi connectivity index (χ1) is 11.8. The van der Waals surface area contributed by atoms with Crippen molar-refractivity contribution in [1.82, 2.24) is 0 Å². The summed E-state index contributed by atoms with van der Waals surface area (Å²) in [6, 6.07) is 29.2. The van der Waals surface area contributed by atoms with E-state index in [-0.39, 0.29) is 0 Å². The van der Waals surface area contributed by atoms with Gasteiger partial charge in [-0.15, -0.1) is 0 Å². The van der Waals surface area contributed by atoms with Crippen molar-refractivity contribution in [2.24, 2.45) is 5.73 Å². The summed E-state index contributed by atoms with van der Waals surface area (Å²) in [6.45, 7) is 3.06. The molecule has 0 radical (unpaired) electrons. The Morgan fingerprint density at radius 2 is 1.17 bits per heavy atom. The highest BCUT2D eigenvalue weighted by molar-refractivity contribution is 5.47. The maximum absolute atomic E-state index is 6.45. The smallest absolute Gasteiger partial charge is 0.143 e. The SMILES string of the molecule is Cc1ccc(C(OCCN)(c2ccccc2)c2ccccc2)cc1. The zero-order valence-corrected chi connectivity index (χ0v) is 14.0. The Morgan fingerprint density at radius 3 is 1.62 bits per heavy atom. The van der Waals surface area contributed by atoms with E-state index in [1.54, 1.807) is 0 Å². The van der Waals surface area contributed by atoms with E-state index in [9.17, 15) is 0 Å². The van der Waals surface area contributed by atoms with Gasteiger partial charge in [0, 0.05) is 6.54 Å². The largest absolute Gasteiger partial charge is 0.360 e. The van der Waals surface area contributed by atoms with E-state index in [2.05, 4.69) is 55.5 Å². The van der Waals surface area contributed by atoms with Crippen molar-refractivity contribution < 1.29 is 4.74 Å². The van der Waals surface area contributed by atoms with Crippen LogP contribution in [-0.4, -0.2) is 13.2 Å². The minimum absolute atomic E-state index is 0.479. The number of aryl methyl sites for hydroxylation is 1. The topological polar surface area (TPSA) is 35.2 Å². The van der Waals surface area contributed by atoms with Gasteiger partial charge in [0.1, 0.15) is 5.60 Å². The van der Waals surface area contributed by atoms with E-state index in [1.165, 1.54) is 5.56 Å². The average molecular weight is 317 g/mol. The number of ether oxygens (including phenoxy) is 1. The summed E-state index contributed by atoms with van der Waals surface area (Å²) in [5, 5.41) is 0. The molecule has 0 saturated carbocycles. The molecular weight excluding hydrogens is 294 g/mol. The molecule has 0 saturated heterocycles. The first-order valence-corrected chi connectivity index (χ1v) is 8.29. The van der Waals surface area contributed by atoms with Crippen molar-refractivity contribution >= 4 is 0 Å². The molecule has 0 aliphatic carbocycles. The van der Waals surface area contributed by atoms with Crippen LogP contribution in [0.1, 0.15) is 22.3 Å². The van der Waals surface area contributed by atoms with Gasteiger partial charge in [-0.1, -0.05) is 90.5 Å². The summed E-state index contributed by atoms with van der Waals surface area (Å²) in [4.78, 5) is 0. The second-order valence-corrected chi connectivity index (χ2v) is 5.92. The van der Waals surface area contributed by atoms with Crippen LogP contribution in [0.15, 0.2) is 84.9 Å². The normalized spacial score (nSPS) is 11.4. The van der Waals surface area contributed by atoms with Gasteiger partial charge >= 0.3 is 0 Å². The zero-order chi connectivity index (χ0) is 16.8. The van der Waals surface area contributed by atoms with Gasteiger partial charge in [-0.3, -0.25) is 0 Å². The fourth-order valence-electron chi connectivity index (χ4n) is 3.10. The molecule has 0 spiro atoms. The number of hydrogen-bond acceptors (Lipinski definition) is 2. The quantitative estimate of drug-likeness (QED) is 0.689. The van der Waals surface area contributed by atoms with E-state index in [4.69, 9.17) is 10.5 Å². The average Bonchev–Trinajstić information content (AvgIpc) is 2.65. The minimum atomic E-state index is -0.657. The number of benzene rings is 3. The van der Waals surface area contributed by atoms with Crippen LogP contribution in [0.2, 0.25) is 0 Å². The molecule has 0 aliphatic rings. The summed E-state index contributed by atoms with van der Waals surface area (Å²) in [5.74, 6) is 0. The molecule has 0 atom stereocenters. The van der Waals surface area contributed by atoms with Crippen LogP contribution in [0.5, 0.6) is 0 Å². The van der Waals surface area contributed by atoms with Crippen molar-refractivity contribution in [3.63, 3.8) is 0 Å². The zero-order valence-electron chi connectivity index (χ0n) is 14.0. The van der Waals surface area contributed by atoms with Crippen LogP contribution < -0.4 is 5.73 Å². The fraction of sp³-hybridized carbons (Fsp3) is 0.182. The van der Waals surface area contributed by atoms with Gasteiger partial charge < -0.3 is 10.5 Å². The molecule has 3 aromatic rings. The van der Waals surface area contributed by atoms with E-state index >= 15 is 0 Å². The lowest BCUT2D eigenvalue weighted by molar-refractivity contribution is 0.0179. The molecule has 2 heteroatoms. The molecule has 0 aromatic heterocycles. The first-order valence-electron chi connectivity index (χ1n) is 8.29. The molecule has 2 nitrogen and oxygen atoms in total. The molecule has 0 amide bonds. The third kappa shape index (κ3) is 3.12. The molecule has 122 valence electrons. The second kappa shape index (κ2) is 7.43. The Morgan fingerprint density at radius 1 is 0.708 bits per heavy atom. The van der Waals surface area contributed by atoms with Crippen molar-refractivity contribution in [2.45, 2.75) is 12.5 Å².